The molecule has 5 heteroatoms. The number of oxime groups is 1. The fraction of sp³-hybridized carbons (Fsp3) is 0.333. The van der Waals surface area contributed by atoms with Crippen LogP contribution in [0.4, 0.5) is 0 Å². The fourth-order valence-electron chi connectivity index (χ4n) is 2.15. The van der Waals surface area contributed by atoms with E-state index in [9.17, 15) is 0 Å². The van der Waals surface area contributed by atoms with Gasteiger partial charge in [0.25, 0.3) is 0 Å². The van der Waals surface area contributed by atoms with Crippen molar-refractivity contribution in [2.24, 2.45) is 10.9 Å². The van der Waals surface area contributed by atoms with Crippen LogP contribution in [0.5, 0.6) is 5.75 Å². The molecule has 1 aromatic heterocycles. The Hall–Kier alpha value is -2.30. The van der Waals surface area contributed by atoms with Crippen LogP contribution < -0.4 is 10.5 Å². The molecule has 2 aromatic rings. The summed E-state index contributed by atoms with van der Waals surface area (Å²) in [5.74, 6) is 0.619. The Morgan fingerprint density at radius 3 is 2.90 bits per heavy atom. The van der Waals surface area contributed by atoms with Crippen molar-refractivity contribution in [3.8, 4) is 5.75 Å². The van der Waals surface area contributed by atoms with Gasteiger partial charge in [-0.25, -0.2) is 0 Å². The number of fused-ring (bicyclic) bond motifs is 1. The van der Waals surface area contributed by atoms with Crippen LogP contribution >= 0.6 is 0 Å². The first kappa shape index (κ1) is 14.1. The summed E-state index contributed by atoms with van der Waals surface area (Å²) in [5, 5.41) is 12.8. The van der Waals surface area contributed by atoms with Crippen LogP contribution in [0.25, 0.3) is 10.9 Å². The summed E-state index contributed by atoms with van der Waals surface area (Å²) in [4.78, 5) is 4.31. The molecule has 5 nitrogen and oxygen atoms in total. The highest BCUT2D eigenvalue weighted by atomic mass is 16.5. The van der Waals surface area contributed by atoms with Gasteiger partial charge in [0.05, 0.1) is 17.2 Å². The van der Waals surface area contributed by atoms with Crippen molar-refractivity contribution < 1.29 is 9.94 Å². The number of pyridine rings is 1. The third-order valence-corrected chi connectivity index (χ3v) is 3.12. The molecule has 0 saturated carbocycles. The third-order valence-electron chi connectivity index (χ3n) is 3.12. The second-order valence-corrected chi connectivity index (χ2v) is 4.72. The van der Waals surface area contributed by atoms with E-state index in [1.807, 2.05) is 31.2 Å². The lowest BCUT2D eigenvalue weighted by molar-refractivity contribution is 0.212. The maximum atomic E-state index is 8.90. The van der Waals surface area contributed by atoms with Crippen LogP contribution in [-0.4, -0.2) is 22.1 Å². The molecule has 0 aliphatic rings. The van der Waals surface area contributed by atoms with Crippen LogP contribution in [0.1, 0.15) is 32.3 Å². The van der Waals surface area contributed by atoms with E-state index in [4.69, 9.17) is 15.7 Å². The summed E-state index contributed by atoms with van der Waals surface area (Å²) < 4.78 is 6.01. The van der Waals surface area contributed by atoms with E-state index in [0.717, 1.165) is 23.7 Å². The van der Waals surface area contributed by atoms with E-state index in [0.29, 0.717) is 11.3 Å². The van der Waals surface area contributed by atoms with Crippen LogP contribution in [0.3, 0.4) is 0 Å². The Labute approximate surface area is 118 Å². The molecule has 106 valence electrons. The highest BCUT2D eigenvalue weighted by Gasteiger charge is 2.15. The minimum absolute atomic E-state index is 0.00181. The van der Waals surface area contributed by atoms with Gasteiger partial charge >= 0.3 is 0 Å². The molecule has 2 rings (SSSR count). The number of rotatable bonds is 5. The standard InChI is InChI=1S/C15H19N3O2/c1-3-6-10(2)20-14-11-7-4-5-8-13(11)17-9-12(14)15(16)18-19/h4-5,7-10,19H,3,6H2,1-2H3,(H2,16,18). The third kappa shape index (κ3) is 2.82. The van der Waals surface area contributed by atoms with E-state index >= 15 is 0 Å². The van der Waals surface area contributed by atoms with Gasteiger partial charge in [0.2, 0.25) is 0 Å². The molecule has 1 aromatic carbocycles. The maximum absolute atomic E-state index is 8.90. The zero-order valence-corrected chi connectivity index (χ0v) is 11.7. The van der Waals surface area contributed by atoms with Gasteiger partial charge in [0.15, 0.2) is 5.84 Å². The summed E-state index contributed by atoms with van der Waals surface area (Å²) in [6.45, 7) is 4.11. The second-order valence-electron chi connectivity index (χ2n) is 4.72. The van der Waals surface area contributed by atoms with Crippen molar-refractivity contribution in [2.75, 3.05) is 0 Å². The van der Waals surface area contributed by atoms with E-state index in [1.54, 1.807) is 6.20 Å². The zero-order valence-electron chi connectivity index (χ0n) is 11.7. The monoisotopic (exact) mass is 273 g/mol. The summed E-state index contributed by atoms with van der Waals surface area (Å²) >= 11 is 0. The SMILES string of the molecule is CCCC(C)Oc1c(/C(N)=N/O)cnc2ccccc12. The van der Waals surface area contributed by atoms with Gasteiger partial charge in [-0.2, -0.15) is 0 Å². The van der Waals surface area contributed by atoms with Crippen LogP contribution in [0, 0.1) is 0 Å². The van der Waals surface area contributed by atoms with Crippen molar-refractivity contribution in [2.45, 2.75) is 32.8 Å². The van der Waals surface area contributed by atoms with E-state index in [-0.39, 0.29) is 11.9 Å². The molecule has 0 fully saturated rings. The van der Waals surface area contributed by atoms with Crippen LogP contribution in [-0.2, 0) is 0 Å². The summed E-state index contributed by atoms with van der Waals surface area (Å²) in [6, 6.07) is 7.66. The molecular formula is C15H19N3O2. The minimum Gasteiger partial charge on any atom is -0.489 e. The van der Waals surface area contributed by atoms with Crippen LogP contribution in [0.2, 0.25) is 0 Å². The molecule has 20 heavy (non-hydrogen) atoms. The van der Waals surface area contributed by atoms with E-state index in [2.05, 4.69) is 17.1 Å². The quantitative estimate of drug-likeness (QED) is 0.380. The van der Waals surface area contributed by atoms with Crippen LogP contribution in [0.15, 0.2) is 35.6 Å². The Bertz CT molecular complexity index is 626. The molecule has 1 unspecified atom stereocenters. The number of aromatic nitrogens is 1. The number of hydrogen-bond donors (Lipinski definition) is 2. The predicted octanol–water partition coefficient (Wildman–Crippen LogP) is 2.90. The summed E-state index contributed by atoms with van der Waals surface area (Å²) in [7, 11) is 0. The van der Waals surface area contributed by atoms with Gasteiger partial charge in [-0.1, -0.05) is 30.6 Å². The molecule has 0 spiro atoms. The Balaban J connectivity index is 2.55. The molecule has 3 N–H and O–H groups in total. The first-order chi connectivity index (χ1) is 9.67. The lowest BCUT2D eigenvalue weighted by Crippen LogP contribution is -2.19. The highest BCUT2D eigenvalue weighted by molar-refractivity contribution is 6.04. The first-order valence-corrected chi connectivity index (χ1v) is 6.69. The van der Waals surface area contributed by atoms with Gasteiger partial charge in [-0.05, 0) is 25.5 Å². The molecule has 1 heterocycles. The van der Waals surface area contributed by atoms with E-state index in [1.165, 1.54) is 0 Å². The molecule has 0 saturated heterocycles. The number of ether oxygens (including phenoxy) is 1. The molecule has 0 amide bonds. The number of nitrogens with zero attached hydrogens (tertiary/aromatic N) is 2. The number of hydrogen-bond acceptors (Lipinski definition) is 4. The molecule has 0 radical (unpaired) electrons. The summed E-state index contributed by atoms with van der Waals surface area (Å²) in [5.41, 5.74) is 7.04. The van der Waals surface area contributed by atoms with Gasteiger partial charge < -0.3 is 15.7 Å². The normalized spacial score (nSPS) is 13.4. The zero-order chi connectivity index (χ0) is 14.5. The predicted molar refractivity (Wildman–Crippen MR) is 79.3 cm³/mol. The Morgan fingerprint density at radius 1 is 1.45 bits per heavy atom. The molecule has 0 aliphatic carbocycles. The summed E-state index contributed by atoms with van der Waals surface area (Å²) in [6.07, 6.45) is 3.59. The molecule has 1 atom stereocenters. The van der Waals surface area contributed by atoms with Crippen molar-refractivity contribution >= 4 is 16.7 Å². The second kappa shape index (κ2) is 6.23. The maximum Gasteiger partial charge on any atom is 0.175 e. The lowest BCUT2D eigenvalue weighted by atomic mass is 10.1. The number of benzene rings is 1. The van der Waals surface area contributed by atoms with Crippen molar-refractivity contribution in [1.29, 1.82) is 0 Å². The minimum atomic E-state index is 0.00181. The van der Waals surface area contributed by atoms with Gasteiger partial charge in [0.1, 0.15) is 5.75 Å². The van der Waals surface area contributed by atoms with Gasteiger partial charge in [-0.3, -0.25) is 4.98 Å². The molecular weight excluding hydrogens is 254 g/mol. The highest BCUT2D eigenvalue weighted by Crippen LogP contribution is 2.29. The smallest absolute Gasteiger partial charge is 0.175 e. The average Bonchev–Trinajstić information content (AvgIpc) is 2.47. The number of amidine groups is 1. The number of para-hydroxylation sites is 1. The molecule has 0 bridgehead atoms. The lowest BCUT2D eigenvalue weighted by Gasteiger charge is -2.18. The first-order valence-electron chi connectivity index (χ1n) is 6.69. The molecule has 0 aliphatic heterocycles. The van der Waals surface area contributed by atoms with Gasteiger partial charge in [-0.15, -0.1) is 0 Å². The number of nitrogens with two attached hydrogens (primary N) is 1. The van der Waals surface area contributed by atoms with Gasteiger partial charge in [0, 0.05) is 11.6 Å². The Kier molecular flexibility index (Phi) is 4.40. The van der Waals surface area contributed by atoms with E-state index < -0.39 is 0 Å². The average molecular weight is 273 g/mol. The largest absolute Gasteiger partial charge is 0.489 e. The topological polar surface area (TPSA) is 80.7 Å². The van der Waals surface area contributed by atoms with Crippen molar-refractivity contribution in [1.82, 2.24) is 4.98 Å². The Morgan fingerprint density at radius 2 is 2.20 bits per heavy atom. The van der Waals surface area contributed by atoms with Crippen molar-refractivity contribution in [3.63, 3.8) is 0 Å². The van der Waals surface area contributed by atoms with Crippen molar-refractivity contribution in [3.05, 3.63) is 36.0 Å². The fourth-order valence-corrected chi connectivity index (χ4v) is 2.15.